The molecule has 0 saturated heterocycles. The molecule has 0 amide bonds. The zero-order valence-electron chi connectivity index (χ0n) is 9.58. The fourth-order valence-electron chi connectivity index (χ4n) is 1.70. The van der Waals surface area contributed by atoms with Gasteiger partial charge in [0.1, 0.15) is 0 Å². The predicted molar refractivity (Wildman–Crippen MR) is 61.7 cm³/mol. The third-order valence-corrected chi connectivity index (χ3v) is 2.55. The molecule has 1 rings (SSSR count). The van der Waals surface area contributed by atoms with E-state index in [1.807, 2.05) is 0 Å². The second kappa shape index (κ2) is 5.47. The van der Waals surface area contributed by atoms with Crippen molar-refractivity contribution in [3.05, 3.63) is 34.9 Å². The third-order valence-electron chi connectivity index (χ3n) is 2.55. The number of aliphatic imine (C=N–C) groups is 1. The first-order valence-electron chi connectivity index (χ1n) is 5.34. The maximum absolute atomic E-state index is 10.1. The number of nitrogens with zero attached hydrogens (tertiary/aromatic N) is 1. The smallest absolute Gasteiger partial charge is 0.211 e. The average molecular weight is 203 g/mol. The van der Waals surface area contributed by atoms with E-state index in [1.165, 1.54) is 11.1 Å². The van der Waals surface area contributed by atoms with Crippen molar-refractivity contribution >= 4 is 6.08 Å². The van der Waals surface area contributed by atoms with E-state index < -0.39 is 0 Å². The van der Waals surface area contributed by atoms with E-state index in [0.29, 0.717) is 12.5 Å². The molecule has 1 aromatic rings. The van der Waals surface area contributed by atoms with Gasteiger partial charge in [-0.1, -0.05) is 39.0 Å². The Kier molecular flexibility index (Phi) is 4.26. The fraction of sp³-hybridized carbons (Fsp3) is 0.462. The molecule has 80 valence electrons. The van der Waals surface area contributed by atoms with Crippen LogP contribution in [0.25, 0.3) is 0 Å². The fourth-order valence-corrected chi connectivity index (χ4v) is 1.70. The van der Waals surface area contributed by atoms with E-state index in [2.05, 4.69) is 44.0 Å². The molecule has 0 saturated carbocycles. The highest BCUT2D eigenvalue weighted by Gasteiger charge is 2.06. The number of aryl methyl sites for hydroxylation is 1. The van der Waals surface area contributed by atoms with Gasteiger partial charge in [0.2, 0.25) is 6.08 Å². The first-order chi connectivity index (χ1) is 7.19. The van der Waals surface area contributed by atoms with Crippen LogP contribution in [0.15, 0.2) is 23.2 Å². The van der Waals surface area contributed by atoms with E-state index >= 15 is 0 Å². The van der Waals surface area contributed by atoms with Gasteiger partial charge >= 0.3 is 0 Å². The van der Waals surface area contributed by atoms with Crippen LogP contribution in [0.3, 0.4) is 0 Å². The molecule has 0 radical (unpaired) electrons. The molecule has 0 aromatic heterocycles. The van der Waals surface area contributed by atoms with Crippen molar-refractivity contribution in [1.82, 2.24) is 0 Å². The van der Waals surface area contributed by atoms with Crippen molar-refractivity contribution < 1.29 is 4.79 Å². The Balaban J connectivity index is 3.09. The number of isocyanates is 1. The van der Waals surface area contributed by atoms with Gasteiger partial charge in [-0.2, -0.15) is 0 Å². The van der Waals surface area contributed by atoms with Crippen molar-refractivity contribution in [3.8, 4) is 0 Å². The van der Waals surface area contributed by atoms with Crippen molar-refractivity contribution in [2.75, 3.05) is 0 Å². The summed E-state index contributed by atoms with van der Waals surface area (Å²) in [6.45, 7) is 6.87. The molecule has 0 aliphatic rings. The van der Waals surface area contributed by atoms with Crippen LogP contribution >= 0.6 is 0 Å². The number of carbonyl (C=O) groups excluding carboxylic acids is 1. The Bertz CT molecular complexity index is 376. The van der Waals surface area contributed by atoms with Gasteiger partial charge in [0.05, 0.1) is 6.54 Å². The maximum atomic E-state index is 10.1. The van der Waals surface area contributed by atoms with Crippen LogP contribution in [0, 0.1) is 0 Å². The third kappa shape index (κ3) is 3.03. The molecule has 0 fully saturated rings. The van der Waals surface area contributed by atoms with E-state index in [-0.39, 0.29) is 0 Å². The summed E-state index contributed by atoms with van der Waals surface area (Å²) >= 11 is 0. The lowest BCUT2D eigenvalue weighted by molar-refractivity contribution is 0.562. The molecule has 0 spiro atoms. The average Bonchev–Trinajstić information content (AvgIpc) is 2.25. The lowest BCUT2D eigenvalue weighted by atomic mass is 9.95. The van der Waals surface area contributed by atoms with Crippen LogP contribution in [0.2, 0.25) is 0 Å². The van der Waals surface area contributed by atoms with E-state index in [9.17, 15) is 4.79 Å². The molecule has 0 aliphatic carbocycles. The summed E-state index contributed by atoms with van der Waals surface area (Å²) in [5, 5.41) is 0. The van der Waals surface area contributed by atoms with Crippen LogP contribution in [0.1, 0.15) is 43.4 Å². The zero-order chi connectivity index (χ0) is 11.3. The van der Waals surface area contributed by atoms with Gasteiger partial charge in [0.15, 0.2) is 0 Å². The minimum Gasteiger partial charge on any atom is -0.211 e. The van der Waals surface area contributed by atoms with Gasteiger partial charge in [0.25, 0.3) is 0 Å². The Labute approximate surface area is 91.0 Å². The molecule has 15 heavy (non-hydrogen) atoms. The molecule has 2 nitrogen and oxygen atoms in total. The van der Waals surface area contributed by atoms with Crippen molar-refractivity contribution in [2.45, 2.75) is 39.7 Å². The standard InChI is InChI=1S/C13H17NO/c1-4-11-5-6-13(10(2)3)12(7-11)8-14-9-15/h5-7,10H,4,8H2,1-3H3. The summed E-state index contributed by atoms with van der Waals surface area (Å²) in [5.74, 6) is 0.466. The Morgan fingerprint density at radius 1 is 1.40 bits per heavy atom. The van der Waals surface area contributed by atoms with Crippen molar-refractivity contribution in [3.63, 3.8) is 0 Å². The summed E-state index contributed by atoms with van der Waals surface area (Å²) in [7, 11) is 0. The van der Waals surface area contributed by atoms with Gasteiger partial charge in [-0.25, -0.2) is 9.79 Å². The highest BCUT2D eigenvalue weighted by molar-refractivity contribution is 5.37. The molecule has 0 heterocycles. The zero-order valence-corrected chi connectivity index (χ0v) is 9.58. The topological polar surface area (TPSA) is 29.4 Å². The van der Waals surface area contributed by atoms with Crippen LogP contribution in [0.5, 0.6) is 0 Å². The summed E-state index contributed by atoms with van der Waals surface area (Å²) in [5.41, 5.74) is 3.70. The van der Waals surface area contributed by atoms with Gasteiger partial charge in [0, 0.05) is 0 Å². The Morgan fingerprint density at radius 2 is 2.13 bits per heavy atom. The number of hydrogen-bond acceptors (Lipinski definition) is 2. The lowest BCUT2D eigenvalue weighted by Crippen LogP contribution is -1.97. The first kappa shape index (κ1) is 11.7. The molecule has 2 heteroatoms. The second-order valence-electron chi connectivity index (χ2n) is 3.95. The van der Waals surface area contributed by atoms with Crippen LogP contribution in [0.4, 0.5) is 0 Å². The highest BCUT2D eigenvalue weighted by atomic mass is 16.1. The lowest BCUT2D eigenvalue weighted by Gasteiger charge is -2.12. The predicted octanol–water partition coefficient (Wildman–Crippen LogP) is 3.21. The second-order valence-corrected chi connectivity index (χ2v) is 3.95. The molecular weight excluding hydrogens is 186 g/mol. The summed E-state index contributed by atoms with van der Waals surface area (Å²) < 4.78 is 0. The number of benzene rings is 1. The van der Waals surface area contributed by atoms with Crippen LogP contribution in [-0.2, 0) is 17.8 Å². The van der Waals surface area contributed by atoms with Crippen LogP contribution < -0.4 is 0 Å². The van der Waals surface area contributed by atoms with Crippen molar-refractivity contribution in [1.29, 1.82) is 0 Å². The molecule has 0 N–H and O–H groups in total. The molecule has 1 aromatic carbocycles. The maximum Gasteiger partial charge on any atom is 0.235 e. The van der Waals surface area contributed by atoms with Crippen LogP contribution in [-0.4, -0.2) is 6.08 Å². The van der Waals surface area contributed by atoms with Crippen molar-refractivity contribution in [2.24, 2.45) is 4.99 Å². The van der Waals surface area contributed by atoms with Gasteiger partial charge in [-0.15, -0.1) is 0 Å². The summed E-state index contributed by atoms with van der Waals surface area (Å²) in [4.78, 5) is 13.8. The van der Waals surface area contributed by atoms with E-state index in [0.717, 1.165) is 12.0 Å². The molecule has 0 unspecified atom stereocenters. The molecule has 0 bridgehead atoms. The first-order valence-corrected chi connectivity index (χ1v) is 5.34. The Hall–Kier alpha value is -1.40. The van der Waals surface area contributed by atoms with Gasteiger partial charge < -0.3 is 0 Å². The van der Waals surface area contributed by atoms with Gasteiger partial charge in [-0.05, 0) is 29.0 Å². The molecule has 0 aliphatic heterocycles. The number of rotatable bonds is 4. The SMILES string of the molecule is CCc1ccc(C(C)C)c(CN=C=O)c1. The normalized spacial score (nSPS) is 10.1. The number of hydrogen-bond donors (Lipinski definition) is 0. The van der Waals surface area contributed by atoms with E-state index in [1.54, 1.807) is 6.08 Å². The molecular formula is C13H17NO. The summed E-state index contributed by atoms with van der Waals surface area (Å²) in [6, 6.07) is 6.42. The quantitative estimate of drug-likeness (QED) is 0.545. The van der Waals surface area contributed by atoms with Gasteiger partial charge in [-0.3, -0.25) is 0 Å². The molecule has 0 atom stereocenters. The minimum absolute atomic E-state index is 0.449. The summed E-state index contributed by atoms with van der Waals surface area (Å²) in [6.07, 6.45) is 2.60. The Morgan fingerprint density at radius 3 is 2.67 bits per heavy atom. The highest BCUT2D eigenvalue weighted by Crippen LogP contribution is 2.21. The van der Waals surface area contributed by atoms with E-state index in [4.69, 9.17) is 0 Å². The largest absolute Gasteiger partial charge is 0.235 e. The monoisotopic (exact) mass is 203 g/mol. The minimum atomic E-state index is 0.449.